The Morgan fingerprint density at radius 2 is 1.62 bits per heavy atom. The van der Waals surface area contributed by atoms with Gasteiger partial charge in [-0.25, -0.2) is 0 Å². The molecule has 16 heavy (non-hydrogen) atoms. The Balaban J connectivity index is 3.58. The van der Waals surface area contributed by atoms with Crippen molar-refractivity contribution in [1.29, 1.82) is 0 Å². The van der Waals surface area contributed by atoms with E-state index in [2.05, 4.69) is 0 Å². The van der Waals surface area contributed by atoms with Gasteiger partial charge in [0.1, 0.15) is 0 Å². The van der Waals surface area contributed by atoms with Crippen molar-refractivity contribution in [3.8, 4) is 0 Å². The first-order chi connectivity index (χ1) is 7.25. The van der Waals surface area contributed by atoms with E-state index in [1.54, 1.807) is 6.07 Å². The van der Waals surface area contributed by atoms with E-state index in [0.717, 1.165) is 11.1 Å². The fourth-order valence-corrected chi connectivity index (χ4v) is 2.79. The Kier molecular flexibility index (Phi) is 3.76. The molecule has 0 spiro atoms. The lowest BCUT2D eigenvalue weighted by Gasteiger charge is -2.18. The summed E-state index contributed by atoms with van der Waals surface area (Å²) >= 11 is 0. The maximum Gasteiger partial charge on any atom is 0.294 e. The molecule has 0 aliphatic rings. The standard InChI is InChI=1S/C12H18O3S/c1-8(2)10-6-5-7-11(16(13,14)15)12(10)9(3)4/h5-9H,1-4H3,(H,13,14,15). The molecule has 0 saturated carbocycles. The van der Waals surface area contributed by atoms with Crippen molar-refractivity contribution in [2.24, 2.45) is 0 Å². The van der Waals surface area contributed by atoms with Crippen LogP contribution in [0.2, 0.25) is 0 Å². The molecule has 0 saturated heterocycles. The molecule has 0 amide bonds. The van der Waals surface area contributed by atoms with Crippen molar-refractivity contribution < 1.29 is 13.0 Å². The molecule has 0 atom stereocenters. The second-order valence-corrected chi connectivity index (χ2v) is 5.93. The van der Waals surface area contributed by atoms with Crippen LogP contribution in [0.5, 0.6) is 0 Å². The van der Waals surface area contributed by atoms with E-state index in [1.165, 1.54) is 6.07 Å². The summed E-state index contributed by atoms with van der Waals surface area (Å²) in [7, 11) is -4.13. The third kappa shape index (κ3) is 2.62. The van der Waals surface area contributed by atoms with Crippen LogP contribution >= 0.6 is 0 Å². The molecule has 0 unspecified atom stereocenters. The van der Waals surface area contributed by atoms with Crippen molar-refractivity contribution >= 4 is 10.1 Å². The van der Waals surface area contributed by atoms with Crippen LogP contribution in [0.15, 0.2) is 23.1 Å². The zero-order chi connectivity index (χ0) is 12.5. The van der Waals surface area contributed by atoms with Crippen LogP contribution in [0.25, 0.3) is 0 Å². The molecule has 0 aliphatic heterocycles. The molecule has 0 radical (unpaired) electrons. The van der Waals surface area contributed by atoms with E-state index in [0.29, 0.717) is 0 Å². The van der Waals surface area contributed by atoms with Crippen LogP contribution in [0.1, 0.15) is 50.7 Å². The smallest absolute Gasteiger partial charge is 0.282 e. The second-order valence-electron chi connectivity index (χ2n) is 4.54. The first kappa shape index (κ1) is 13.2. The van der Waals surface area contributed by atoms with Gasteiger partial charge in [-0.05, 0) is 29.0 Å². The highest BCUT2D eigenvalue weighted by Gasteiger charge is 2.21. The van der Waals surface area contributed by atoms with Crippen molar-refractivity contribution in [3.05, 3.63) is 29.3 Å². The van der Waals surface area contributed by atoms with Gasteiger partial charge in [0.05, 0.1) is 4.90 Å². The van der Waals surface area contributed by atoms with Gasteiger partial charge in [0, 0.05) is 0 Å². The van der Waals surface area contributed by atoms with E-state index >= 15 is 0 Å². The van der Waals surface area contributed by atoms with Crippen LogP contribution in [0, 0.1) is 0 Å². The fourth-order valence-electron chi connectivity index (χ4n) is 1.91. The lowest BCUT2D eigenvalue weighted by atomic mass is 9.91. The Bertz CT molecular complexity index is 473. The van der Waals surface area contributed by atoms with Gasteiger partial charge in [-0.15, -0.1) is 0 Å². The lowest BCUT2D eigenvalue weighted by Crippen LogP contribution is -2.08. The Morgan fingerprint density at radius 3 is 2.00 bits per heavy atom. The summed E-state index contributed by atoms with van der Waals surface area (Å²) in [5.74, 6) is 0.301. The molecule has 1 aromatic rings. The molecule has 1 N–H and O–H groups in total. The number of rotatable bonds is 3. The van der Waals surface area contributed by atoms with Crippen molar-refractivity contribution in [3.63, 3.8) is 0 Å². The second kappa shape index (κ2) is 4.55. The van der Waals surface area contributed by atoms with Gasteiger partial charge in [-0.2, -0.15) is 8.42 Å². The largest absolute Gasteiger partial charge is 0.294 e. The minimum absolute atomic E-state index is 0.0358. The maximum absolute atomic E-state index is 11.3. The molecule has 90 valence electrons. The van der Waals surface area contributed by atoms with E-state index in [-0.39, 0.29) is 16.7 Å². The molecule has 0 aliphatic carbocycles. The summed E-state index contributed by atoms with van der Waals surface area (Å²) in [6.07, 6.45) is 0. The third-order valence-electron chi connectivity index (χ3n) is 2.58. The van der Waals surface area contributed by atoms with Crippen LogP contribution < -0.4 is 0 Å². The number of hydrogen-bond donors (Lipinski definition) is 1. The van der Waals surface area contributed by atoms with Crippen LogP contribution in [-0.2, 0) is 10.1 Å². The fraction of sp³-hybridized carbons (Fsp3) is 0.500. The molecule has 0 bridgehead atoms. The van der Waals surface area contributed by atoms with Crippen LogP contribution in [0.3, 0.4) is 0 Å². The quantitative estimate of drug-likeness (QED) is 0.828. The van der Waals surface area contributed by atoms with Gasteiger partial charge in [0.25, 0.3) is 10.1 Å². The van der Waals surface area contributed by atoms with E-state index < -0.39 is 10.1 Å². The van der Waals surface area contributed by atoms with Gasteiger partial charge in [0.2, 0.25) is 0 Å². The molecule has 3 nitrogen and oxygen atoms in total. The van der Waals surface area contributed by atoms with Gasteiger partial charge in [-0.1, -0.05) is 39.8 Å². The van der Waals surface area contributed by atoms with E-state index in [1.807, 2.05) is 33.8 Å². The predicted octanol–water partition coefficient (Wildman–Crippen LogP) is 3.18. The Morgan fingerprint density at radius 1 is 1.06 bits per heavy atom. The highest BCUT2D eigenvalue weighted by molar-refractivity contribution is 7.85. The zero-order valence-electron chi connectivity index (χ0n) is 10.1. The van der Waals surface area contributed by atoms with Gasteiger partial charge in [-0.3, -0.25) is 4.55 Å². The Labute approximate surface area is 97.2 Å². The van der Waals surface area contributed by atoms with Gasteiger partial charge < -0.3 is 0 Å². The summed E-state index contributed by atoms with van der Waals surface area (Å²) in [5.41, 5.74) is 1.70. The highest BCUT2D eigenvalue weighted by atomic mass is 32.2. The normalized spacial score (nSPS) is 12.4. The van der Waals surface area contributed by atoms with Crippen molar-refractivity contribution in [2.75, 3.05) is 0 Å². The molecule has 0 aromatic heterocycles. The zero-order valence-corrected chi connectivity index (χ0v) is 10.9. The van der Waals surface area contributed by atoms with Gasteiger partial charge in [0.15, 0.2) is 0 Å². The number of benzene rings is 1. The molecular weight excluding hydrogens is 224 g/mol. The number of hydrogen-bond acceptors (Lipinski definition) is 2. The monoisotopic (exact) mass is 242 g/mol. The summed E-state index contributed by atoms with van der Waals surface area (Å²) in [4.78, 5) is 0.0358. The van der Waals surface area contributed by atoms with Crippen molar-refractivity contribution in [1.82, 2.24) is 0 Å². The first-order valence-corrected chi connectivity index (χ1v) is 6.79. The topological polar surface area (TPSA) is 54.4 Å². The summed E-state index contributed by atoms with van der Waals surface area (Å²) in [5, 5.41) is 0. The minimum atomic E-state index is -4.13. The van der Waals surface area contributed by atoms with Crippen LogP contribution in [-0.4, -0.2) is 13.0 Å². The van der Waals surface area contributed by atoms with Crippen LogP contribution in [0.4, 0.5) is 0 Å². The maximum atomic E-state index is 11.3. The SMILES string of the molecule is CC(C)c1cccc(S(=O)(=O)O)c1C(C)C. The third-order valence-corrected chi connectivity index (χ3v) is 3.49. The molecule has 4 heteroatoms. The average Bonchev–Trinajstić information content (AvgIpc) is 2.14. The average molecular weight is 242 g/mol. The predicted molar refractivity (Wildman–Crippen MR) is 64.4 cm³/mol. The van der Waals surface area contributed by atoms with E-state index in [9.17, 15) is 13.0 Å². The molecular formula is C12H18O3S. The minimum Gasteiger partial charge on any atom is -0.282 e. The molecule has 0 fully saturated rings. The Hall–Kier alpha value is -0.870. The lowest BCUT2D eigenvalue weighted by molar-refractivity contribution is 0.481. The van der Waals surface area contributed by atoms with Crippen molar-refractivity contribution in [2.45, 2.75) is 44.4 Å². The van der Waals surface area contributed by atoms with E-state index in [4.69, 9.17) is 0 Å². The van der Waals surface area contributed by atoms with Gasteiger partial charge >= 0.3 is 0 Å². The molecule has 1 rings (SSSR count). The summed E-state index contributed by atoms with van der Waals surface area (Å²) in [6, 6.07) is 5.04. The highest BCUT2D eigenvalue weighted by Crippen LogP contribution is 2.31. The molecule has 0 heterocycles. The molecule has 1 aromatic carbocycles. The summed E-state index contributed by atoms with van der Waals surface area (Å²) < 4.78 is 31.8. The summed E-state index contributed by atoms with van der Waals surface area (Å²) in [6.45, 7) is 7.87. The first-order valence-electron chi connectivity index (χ1n) is 5.35.